The van der Waals surface area contributed by atoms with E-state index in [4.69, 9.17) is 4.74 Å². The van der Waals surface area contributed by atoms with Crippen LogP contribution in [0.15, 0.2) is 6.20 Å². The number of hydrogen-bond donors (Lipinski definition) is 1. The predicted octanol–water partition coefficient (Wildman–Crippen LogP) is 0.221. The Kier molecular flexibility index (Phi) is 4.69. The van der Waals surface area contributed by atoms with Crippen molar-refractivity contribution < 1.29 is 14.3 Å². The third-order valence-corrected chi connectivity index (χ3v) is 2.17. The van der Waals surface area contributed by atoms with Crippen LogP contribution >= 0.6 is 11.5 Å². The zero-order valence-corrected chi connectivity index (χ0v) is 9.04. The second-order valence-corrected chi connectivity index (χ2v) is 3.38. The minimum atomic E-state index is -0.319. The van der Waals surface area contributed by atoms with Gasteiger partial charge in [0.1, 0.15) is 4.88 Å². The molecule has 0 saturated carbocycles. The van der Waals surface area contributed by atoms with Crippen molar-refractivity contribution in [1.29, 1.82) is 0 Å². The quantitative estimate of drug-likeness (QED) is 0.730. The molecule has 0 atom stereocenters. The summed E-state index contributed by atoms with van der Waals surface area (Å²) in [6, 6.07) is 0. The maximum atomic E-state index is 11.3. The van der Waals surface area contributed by atoms with Gasteiger partial charge in [-0.05, 0) is 18.5 Å². The average Bonchev–Trinajstić information content (AvgIpc) is 2.70. The molecule has 1 rings (SSSR count). The second-order valence-electron chi connectivity index (χ2n) is 2.59. The first kappa shape index (κ1) is 11.6. The van der Waals surface area contributed by atoms with E-state index in [1.54, 1.807) is 6.92 Å². The summed E-state index contributed by atoms with van der Waals surface area (Å²) in [6.07, 6.45) is 1.55. The Bertz CT molecular complexity index is 326. The van der Waals surface area contributed by atoms with E-state index in [1.807, 2.05) is 0 Å². The summed E-state index contributed by atoms with van der Waals surface area (Å²) >= 11 is 1.01. The number of nitrogens with zero attached hydrogens (tertiary/aromatic N) is 2. The van der Waals surface area contributed by atoms with Crippen LogP contribution in [0, 0.1) is 0 Å². The van der Waals surface area contributed by atoms with Crippen LogP contribution in [0.5, 0.6) is 0 Å². The summed E-state index contributed by atoms with van der Waals surface area (Å²) < 4.78 is 8.26. The Labute approximate surface area is 90.8 Å². The van der Waals surface area contributed by atoms with Crippen LogP contribution in [0.1, 0.15) is 23.0 Å². The lowest BCUT2D eigenvalue weighted by Gasteiger charge is -2.02. The van der Waals surface area contributed by atoms with E-state index in [9.17, 15) is 9.59 Å². The molecule has 0 spiro atoms. The molecule has 1 amide bonds. The number of carbonyl (C=O) groups excluding carboxylic acids is 2. The molecule has 7 heteroatoms. The summed E-state index contributed by atoms with van der Waals surface area (Å²) in [5, 5.41) is 6.10. The van der Waals surface area contributed by atoms with E-state index in [1.165, 1.54) is 6.20 Å². The molecule has 6 nitrogen and oxygen atoms in total. The molecule has 1 aromatic rings. The van der Waals surface area contributed by atoms with Crippen LogP contribution in [0.4, 0.5) is 0 Å². The van der Waals surface area contributed by atoms with E-state index in [2.05, 4.69) is 14.9 Å². The molecular weight excluding hydrogens is 218 g/mol. The molecule has 0 aliphatic heterocycles. The third-order valence-electron chi connectivity index (χ3n) is 1.51. The van der Waals surface area contributed by atoms with Gasteiger partial charge in [-0.3, -0.25) is 9.59 Å². The fraction of sp³-hybridized carbons (Fsp3) is 0.500. The predicted molar refractivity (Wildman–Crippen MR) is 53.5 cm³/mol. The highest BCUT2D eigenvalue weighted by Crippen LogP contribution is 2.00. The first-order valence-electron chi connectivity index (χ1n) is 4.45. The molecule has 0 aromatic carbocycles. The number of ether oxygens (including phenoxy) is 1. The minimum absolute atomic E-state index is 0.172. The molecule has 0 aliphatic carbocycles. The molecule has 0 bridgehead atoms. The zero-order valence-electron chi connectivity index (χ0n) is 8.23. The maximum Gasteiger partial charge on any atom is 0.307 e. The fourth-order valence-corrected chi connectivity index (χ4v) is 1.30. The number of nitrogens with one attached hydrogen (secondary N) is 1. The van der Waals surface area contributed by atoms with Gasteiger partial charge in [-0.1, -0.05) is 4.49 Å². The monoisotopic (exact) mass is 229 g/mol. The van der Waals surface area contributed by atoms with Gasteiger partial charge in [-0.15, -0.1) is 5.10 Å². The molecule has 82 valence electrons. The smallest absolute Gasteiger partial charge is 0.307 e. The Morgan fingerprint density at radius 1 is 1.60 bits per heavy atom. The number of rotatable bonds is 5. The van der Waals surface area contributed by atoms with E-state index >= 15 is 0 Å². The average molecular weight is 229 g/mol. The van der Waals surface area contributed by atoms with Crippen LogP contribution in [-0.4, -0.2) is 34.6 Å². The van der Waals surface area contributed by atoms with Crippen LogP contribution in [0.25, 0.3) is 0 Å². The number of esters is 1. The van der Waals surface area contributed by atoms with Crippen molar-refractivity contribution in [3.05, 3.63) is 11.1 Å². The standard InChI is InChI=1S/C8H11N3O3S/c1-2-14-7(12)3-4-9-8(13)6-5-10-11-15-6/h5H,2-4H2,1H3,(H,9,13). The number of carbonyl (C=O) groups is 2. The van der Waals surface area contributed by atoms with Gasteiger partial charge < -0.3 is 10.1 Å². The van der Waals surface area contributed by atoms with Crippen molar-refractivity contribution in [2.75, 3.05) is 13.2 Å². The minimum Gasteiger partial charge on any atom is -0.466 e. The van der Waals surface area contributed by atoms with Crippen LogP contribution in [-0.2, 0) is 9.53 Å². The lowest BCUT2D eigenvalue weighted by Crippen LogP contribution is -2.25. The topological polar surface area (TPSA) is 81.2 Å². The van der Waals surface area contributed by atoms with E-state index in [-0.39, 0.29) is 24.8 Å². The molecule has 1 N–H and O–H groups in total. The summed E-state index contributed by atoms with van der Waals surface area (Å²) in [7, 11) is 0. The molecule has 0 saturated heterocycles. The van der Waals surface area contributed by atoms with Crippen molar-refractivity contribution >= 4 is 23.4 Å². The number of amides is 1. The highest BCUT2D eigenvalue weighted by Gasteiger charge is 2.08. The van der Waals surface area contributed by atoms with Gasteiger partial charge >= 0.3 is 5.97 Å². The van der Waals surface area contributed by atoms with Crippen molar-refractivity contribution in [1.82, 2.24) is 14.9 Å². The highest BCUT2D eigenvalue weighted by atomic mass is 32.1. The van der Waals surface area contributed by atoms with Gasteiger partial charge in [0.25, 0.3) is 5.91 Å². The maximum absolute atomic E-state index is 11.3. The van der Waals surface area contributed by atoms with E-state index in [0.717, 1.165) is 11.5 Å². The van der Waals surface area contributed by atoms with Crippen molar-refractivity contribution in [3.8, 4) is 0 Å². The molecule has 0 radical (unpaired) electrons. The van der Waals surface area contributed by atoms with Crippen molar-refractivity contribution in [2.24, 2.45) is 0 Å². The fourth-order valence-electron chi connectivity index (χ4n) is 0.866. The third kappa shape index (κ3) is 4.03. The summed E-state index contributed by atoms with van der Waals surface area (Å²) in [5.41, 5.74) is 0. The van der Waals surface area contributed by atoms with Gasteiger partial charge in [0.05, 0.1) is 19.2 Å². The Morgan fingerprint density at radius 3 is 3.00 bits per heavy atom. The number of hydrogen-bond acceptors (Lipinski definition) is 6. The molecule has 1 aromatic heterocycles. The molecule has 1 heterocycles. The molecule has 15 heavy (non-hydrogen) atoms. The van der Waals surface area contributed by atoms with Gasteiger partial charge in [-0.2, -0.15) is 0 Å². The zero-order chi connectivity index (χ0) is 11.1. The SMILES string of the molecule is CCOC(=O)CCNC(=O)c1cnns1. The molecule has 0 fully saturated rings. The van der Waals surface area contributed by atoms with Gasteiger partial charge in [-0.25, -0.2) is 0 Å². The first-order valence-corrected chi connectivity index (χ1v) is 5.22. The summed E-state index contributed by atoms with van der Waals surface area (Å²) in [6.45, 7) is 2.35. The van der Waals surface area contributed by atoms with E-state index in [0.29, 0.717) is 11.5 Å². The molecular formula is C8H11N3O3S. The first-order chi connectivity index (χ1) is 7.24. The van der Waals surface area contributed by atoms with Crippen molar-refractivity contribution in [2.45, 2.75) is 13.3 Å². The van der Waals surface area contributed by atoms with Gasteiger partial charge in [0, 0.05) is 6.54 Å². The van der Waals surface area contributed by atoms with Crippen LogP contribution in [0.3, 0.4) is 0 Å². The largest absolute Gasteiger partial charge is 0.466 e. The van der Waals surface area contributed by atoms with Crippen LogP contribution in [0.2, 0.25) is 0 Å². The highest BCUT2D eigenvalue weighted by molar-refractivity contribution is 7.07. The normalized spacial score (nSPS) is 9.67. The Balaban J connectivity index is 2.21. The molecule has 0 aliphatic rings. The van der Waals surface area contributed by atoms with Crippen LogP contribution < -0.4 is 5.32 Å². The lowest BCUT2D eigenvalue weighted by atomic mass is 10.4. The summed E-state index contributed by atoms with van der Waals surface area (Å²) in [4.78, 5) is 22.7. The second kappa shape index (κ2) is 6.07. The Morgan fingerprint density at radius 2 is 2.40 bits per heavy atom. The Hall–Kier alpha value is -1.50. The van der Waals surface area contributed by atoms with Gasteiger partial charge in [0.2, 0.25) is 0 Å². The number of aromatic nitrogens is 2. The van der Waals surface area contributed by atoms with E-state index < -0.39 is 0 Å². The summed E-state index contributed by atoms with van der Waals surface area (Å²) in [5.74, 6) is -0.588. The molecule has 0 unspecified atom stereocenters. The van der Waals surface area contributed by atoms with Gasteiger partial charge in [0.15, 0.2) is 0 Å². The lowest BCUT2D eigenvalue weighted by molar-refractivity contribution is -0.142. The van der Waals surface area contributed by atoms with Crippen molar-refractivity contribution in [3.63, 3.8) is 0 Å².